The van der Waals surface area contributed by atoms with E-state index in [4.69, 9.17) is 19.1 Å². The molecule has 5 heteroatoms. The van der Waals surface area contributed by atoms with E-state index in [2.05, 4.69) is 137 Å². The van der Waals surface area contributed by atoms with Gasteiger partial charge < -0.3 is 0 Å². The quantitative estimate of drug-likeness (QED) is 0.163. The van der Waals surface area contributed by atoms with E-state index in [9.17, 15) is 0 Å². The molecular weight excluding hydrogens is 624 g/mol. The molecular formula is C32H30Cl2P2Pd. The Hall–Kier alpha value is -1.80. The van der Waals surface area contributed by atoms with Gasteiger partial charge in [0.15, 0.2) is 0 Å². The van der Waals surface area contributed by atoms with E-state index in [0.717, 1.165) is 0 Å². The van der Waals surface area contributed by atoms with Gasteiger partial charge in [0, 0.05) is 0 Å². The second-order valence-electron chi connectivity index (χ2n) is 8.82. The molecule has 0 unspecified atom stereocenters. The number of hydrogen-bond acceptors (Lipinski definition) is 0. The first-order valence-electron chi connectivity index (χ1n) is 12.1. The average Bonchev–Trinajstić information content (AvgIpc) is 3.35. The fourth-order valence-corrected chi connectivity index (χ4v) is 10.4. The summed E-state index contributed by atoms with van der Waals surface area (Å²) in [6.45, 7) is 9.14. The number of fused-ring (bicyclic) bond motifs is 2. The molecule has 4 aromatic carbocycles. The van der Waals surface area contributed by atoms with Crippen LogP contribution in [0.1, 0.15) is 21.2 Å². The van der Waals surface area contributed by atoms with Crippen LogP contribution in [0, 0.1) is 27.7 Å². The molecule has 6 aromatic rings. The van der Waals surface area contributed by atoms with Crippen molar-refractivity contribution in [1.82, 2.24) is 0 Å². The Balaban J connectivity index is 0.000000157. The Labute approximate surface area is 238 Å². The van der Waals surface area contributed by atoms with Crippen LogP contribution >= 0.6 is 34.1 Å². The Kier molecular flexibility index (Phi) is 10.2. The van der Waals surface area contributed by atoms with Crippen LogP contribution in [0.3, 0.4) is 0 Å². The van der Waals surface area contributed by atoms with E-state index < -0.39 is 0 Å². The van der Waals surface area contributed by atoms with Gasteiger partial charge in [0.25, 0.3) is 0 Å². The Morgan fingerprint density at radius 1 is 0.405 bits per heavy atom. The molecule has 2 aromatic heterocycles. The SMILES string of the molecule is Cc1c2ccccc2c(C)p1-c1ccccc1.Cc1c2ccccc2c(C)p1-c1ccccc1.[Cl][Pd][Cl]. The topological polar surface area (TPSA) is 0 Å². The van der Waals surface area contributed by atoms with Gasteiger partial charge in [-0.15, -0.1) is 0 Å². The van der Waals surface area contributed by atoms with Crippen molar-refractivity contribution in [3.8, 4) is 10.6 Å². The predicted molar refractivity (Wildman–Crippen MR) is 167 cm³/mol. The first-order valence-corrected chi connectivity index (χ1v) is 18.7. The molecule has 37 heavy (non-hydrogen) atoms. The van der Waals surface area contributed by atoms with Crippen molar-refractivity contribution in [3.63, 3.8) is 0 Å². The van der Waals surface area contributed by atoms with Crippen molar-refractivity contribution < 1.29 is 15.9 Å². The monoisotopic (exact) mass is 652 g/mol. The van der Waals surface area contributed by atoms with Gasteiger partial charge in [-0.2, -0.15) is 0 Å². The minimum atomic E-state index is -0.256. The van der Waals surface area contributed by atoms with Crippen molar-refractivity contribution in [1.29, 1.82) is 0 Å². The summed E-state index contributed by atoms with van der Waals surface area (Å²) in [4.78, 5) is 0. The Bertz CT molecular complexity index is 1400. The number of benzene rings is 4. The van der Waals surface area contributed by atoms with Gasteiger partial charge in [0.1, 0.15) is 0 Å². The van der Waals surface area contributed by atoms with Gasteiger partial charge in [-0.05, 0) is 81.0 Å². The molecule has 0 saturated carbocycles. The fourth-order valence-electron chi connectivity index (χ4n) is 5.14. The van der Waals surface area contributed by atoms with E-state index in [0.29, 0.717) is 0 Å². The zero-order chi connectivity index (χ0) is 26.4. The molecule has 0 radical (unpaired) electrons. The molecule has 0 N–H and O–H groups in total. The van der Waals surface area contributed by atoms with E-state index >= 15 is 0 Å². The molecule has 2 heterocycles. The maximum atomic E-state index is 4.81. The normalized spacial score (nSPS) is 10.6. The molecule has 0 atom stereocenters. The maximum absolute atomic E-state index is 4.81. The third-order valence-electron chi connectivity index (χ3n) is 6.78. The summed E-state index contributed by atoms with van der Waals surface area (Å²) in [6.07, 6.45) is 0. The van der Waals surface area contributed by atoms with Crippen LogP contribution in [0.4, 0.5) is 0 Å². The van der Waals surface area contributed by atoms with Crippen molar-refractivity contribution in [3.05, 3.63) is 130 Å². The van der Waals surface area contributed by atoms with Crippen molar-refractivity contribution >= 4 is 55.7 Å². The van der Waals surface area contributed by atoms with Crippen molar-refractivity contribution in [2.24, 2.45) is 0 Å². The van der Waals surface area contributed by atoms with Gasteiger partial charge in [0.05, 0.1) is 0 Å². The molecule has 0 bridgehead atoms. The summed E-state index contributed by atoms with van der Waals surface area (Å²) < 4.78 is 0. The minimum absolute atomic E-state index is 0.106. The second-order valence-corrected chi connectivity index (χ2v) is 16.2. The van der Waals surface area contributed by atoms with Gasteiger partial charge in [-0.3, -0.25) is 0 Å². The summed E-state index contributed by atoms with van der Waals surface area (Å²) in [5.41, 5.74) is 0. The van der Waals surface area contributed by atoms with Crippen LogP contribution < -0.4 is 0 Å². The molecule has 0 aliphatic carbocycles. The van der Waals surface area contributed by atoms with E-state index in [1.54, 1.807) is 21.2 Å². The summed E-state index contributed by atoms with van der Waals surface area (Å²) in [7, 11) is 9.12. The molecule has 6 rings (SSSR count). The van der Waals surface area contributed by atoms with Gasteiger partial charge >= 0.3 is 35.0 Å². The average molecular weight is 654 g/mol. The van der Waals surface area contributed by atoms with Crippen molar-refractivity contribution in [2.75, 3.05) is 0 Å². The van der Waals surface area contributed by atoms with Crippen LogP contribution in [-0.4, -0.2) is 0 Å². The number of aryl methyl sites for hydroxylation is 4. The van der Waals surface area contributed by atoms with Gasteiger partial charge in [-0.1, -0.05) is 124 Å². The first-order chi connectivity index (χ1) is 18.0. The van der Waals surface area contributed by atoms with E-state index in [1.165, 1.54) is 32.2 Å². The summed E-state index contributed by atoms with van der Waals surface area (Å²) >= 11 is -0.106. The molecule has 0 aliphatic heterocycles. The molecule has 0 aliphatic rings. The number of rotatable bonds is 2. The molecule has 0 fully saturated rings. The summed E-state index contributed by atoms with van der Waals surface area (Å²) in [5.74, 6) is 0. The van der Waals surface area contributed by atoms with Crippen LogP contribution in [0.15, 0.2) is 109 Å². The molecule has 0 spiro atoms. The molecule has 192 valence electrons. The third kappa shape index (κ3) is 6.11. The molecule has 0 saturated heterocycles. The van der Waals surface area contributed by atoms with Crippen LogP contribution in [-0.2, 0) is 15.9 Å². The Morgan fingerprint density at radius 2 is 0.622 bits per heavy atom. The first kappa shape index (κ1) is 28.2. The number of hydrogen-bond donors (Lipinski definition) is 0. The van der Waals surface area contributed by atoms with Crippen LogP contribution in [0.2, 0.25) is 0 Å². The molecule has 0 amide bonds. The van der Waals surface area contributed by atoms with Crippen molar-refractivity contribution in [2.45, 2.75) is 27.7 Å². The summed E-state index contributed by atoms with van der Waals surface area (Å²) in [5, 5.41) is 14.9. The predicted octanol–water partition coefficient (Wildman–Crippen LogP) is 12.2. The van der Waals surface area contributed by atoms with Crippen LogP contribution in [0.25, 0.3) is 32.2 Å². The molecule has 0 nitrogen and oxygen atoms in total. The summed E-state index contributed by atoms with van der Waals surface area (Å²) in [6, 6.07) is 39.3. The third-order valence-corrected chi connectivity index (χ3v) is 12.1. The zero-order valence-electron chi connectivity index (χ0n) is 21.4. The van der Waals surface area contributed by atoms with E-state index in [1.807, 2.05) is 0 Å². The van der Waals surface area contributed by atoms with E-state index in [-0.39, 0.29) is 31.0 Å². The second kappa shape index (κ2) is 13.3. The van der Waals surface area contributed by atoms with Crippen LogP contribution in [0.5, 0.6) is 0 Å². The fraction of sp³-hybridized carbons (Fsp3) is 0.125. The standard InChI is InChI=1S/2C16H15P.2ClH.Pd/c2*1-12-15-10-6-7-11-16(15)13(2)17(12)14-8-4-3-5-9-14;;;/h2*3-11H,1-2H3;2*1H;/q;;;;+2/p-2. The Morgan fingerprint density at radius 3 is 0.865 bits per heavy atom. The zero-order valence-corrected chi connectivity index (χ0v) is 26.2. The number of halogens is 2. The van der Waals surface area contributed by atoms with Gasteiger partial charge in [-0.25, -0.2) is 0 Å². The van der Waals surface area contributed by atoms with Gasteiger partial charge in [0.2, 0.25) is 0 Å².